The summed E-state index contributed by atoms with van der Waals surface area (Å²) in [5, 5.41) is 0. The van der Waals surface area contributed by atoms with Crippen LogP contribution in [0.4, 0.5) is 0 Å². The van der Waals surface area contributed by atoms with Crippen molar-refractivity contribution in [2.45, 2.75) is 19.3 Å². The second-order valence-electron chi connectivity index (χ2n) is 8.00. The molecule has 0 unspecified atom stereocenters. The van der Waals surface area contributed by atoms with Crippen LogP contribution in [0.3, 0.4) is 0 Å². The van der Waals surface area contributed by atoms with Crippen molar-refractivity contribution in [1.29, 1.82) is 0 Å². The monoisotopic (exact) mass is 424 g/mol. The normalized spacial score (nSPS) is 13.8. The van der Waals surface area contributed by atoms with Crippen molar-refractivity contribution in [3.05, 3.63) is 107 Å². The molecule has 0 bridgehead atoms. The molecule has 0 aliphatic heterocycles. The maximum atomic E-state index is 3.88. The van der Waals surface area contributed by atoms with Crippen LogP contribution in [0.5, 0.6) is 0 Å². The van der Waals surface area contributed by atoms with Crippen molar-refractivity contribution < 1.29 is 0 Å². The molecule has 4 aromatic rings. The van der Waals surface area contributed by atoms with Gasteiger partial charge in [-0.1, -0.05) is 103 Å². The molecule has 0 heterocycles. The molecule has 4 aromatic carbocycles. The molecule has 0 aromatic heterocycles. The highest BCUT2D eigenvalue weighted by molar-refractivity contribution is 9.10. The van der Waals surface area contributed by atoms with E-state index >= 15 is 0 Å². The van der Waals surface area contributed by atoms with Gasteiger partial charge in [-0.15, -0.1) is 0 Å². The second kappa shape index (κ2) is 6.46. The van der Waals surface area contributed by atoms with Gasteiger partial charge in [0, 0.05) is 15.5 Å². The molecule has 1 aliphatic carbocycles. The first-order valence-corrected chi connectivity index (χ1v) is 10.4. The zero-order valence-electron chi connectivity index (χ0n) is 16.0. The van der Waals surface area contributed by atoms with Crippen molar-refractivity contribution in [3.63, 3.8) is 0 Å². The first-order valence-electron chi connectivity index (χ1n) is 9.65. The highest BCUT2D eigenvalue weighted by Crippen LogP contribution is 2.53. The molecule has 5 rings (SSSR count). The summed E-state index contributed by atoms with van der Waals surface area (Å²) in [4.78, 5) is 0. The fourth-order valence-corrected chi connectivity index (χ4v) is 5.08. The largest absolute Gasteiger partial charge is 0.0622 e. The van der Waals surface area contributed by atoms with Gasteiger partial charge in [0.1, 0.15) is 0 Å². The van der Waals surface area contributed by atoms with Crippen LogP contribution in [0.25, 0.3) is 33.4 Å². The summed E-state index contributed by atoms with van der Waals surface area (Å²) in [7, 11) is 0. The third-order valence-corrected chi connectivity index (χ3v) is 6.57. The molecule has 28 heavy (non-hydrogen) atoms. The van der Waals surface area contributed by atoms with Crippen LogP contribution >= 0.6 is 15.9 Å². The maximum Gasteiger partial charge on any atom is 0.0263 e. The van der Waals surface area contributed by atoms with Crippen LogP contribution in [0.1, 0.15) is 25.0 Å². The fourth-order valence-electron chi connectivity index (χ4n) is 4.41. The molecule has 0 amide bonds. The van der Waals surface area contributed by atoms with E-state index in [1.165, 1.54) is 49.0 Å². The van der Waals surface area contributed by atoms with E-state index in [2.05, 4.69) is 121 Å². The van der Waals surface area contributed by atoms with Crippen molar-refractivity contribution in [3.8, 4) is 33.4 Å². The van der Waals surface area contributed by atoms with Crippen molar-refractivity contribution in [2.75, 3.05) is 0 Å². The van der Waals surface area contributed by atoms with Gasteiger partial charge in [0.2, 0.25) is 0 Å². The summed E-state index contributed by atoms with van der Waals surface area (Å²) in [6, 6.07) is 32.8. The molecule has 1 heteroatoms. The van der Waals surface area contributed by atoms with Gasteiger partial charge in [0.05, 0.1) is 0 Å². The Morgan fingerprint density at radius 1 is 0.571 bits per heavy atom. The lowest BCUT2D eigenvalue weighted by Gasteiger charge is -2.23. The number of halogens is 1. The van der Waals surface area contributed by atoms with Crippen LogP contribution in [0.2, 0.25) is 0 Å². The molecule has 0 spiro atoms. The highest BCUT2D eigenvalue weighted by atomic mass is 79.9. The van der Waals surface area contributed by atoms with Gasteiger partial charge in [0.25, 0.3) is 0 Å². The van der Waals surface area contributed by atoms with Gasteiger partial charge in [-0.25, -0.2) is 0 Å². The van der Waals surface area contributed by atoms with Crippen molar-refractivity contribution in [2.24, 2.45) is 0 Å². The third kappa shape index (κ3) is 2.65. The Morgan fingerprint density at radius 2 is 1.14 bits per heavy atom. The molecule has 0 radical (unpaired) electrons. The fraction of sp³-hybridized carbons (Fsp3) is 0.111. The number of benzene rings is 4. The van der Waals surface area contributed by atoms with Crippen LogP contribution in [-0.2, 0) is 5.41 Å². The van der Waals surface area contributed by atoms with E-state index in [9.17, 15) is 0 Å². The minimum Gasteiger partial charge on any atom is -0.0622 e. The van der Waals surface area contributed by atoms with Crippen LogP contribution in [0.15, 0.2) is 95.5 Å². The van der Waals surface area contributed by atoms with E-state index in [1.807, 2.05) is 0 Å². The maximum absolute atomic E-state index is 3.88. The summed E-state index contributed by atoms with van der Waals surface area (Å²) in [6.07, 6.45) is 0. The molecule has 0 atom stereocenters. The number of rotatable bonds is 2. The zero-order valence-corrected chi connectivity index (χ0v) is 17.6. The smallest absolute Gasteiger partial charge is 0.0263 e. The summed E-state index contributed by atoms with van der Waals surface area (Å²) in [6.45, 7) is 4.68. The first-order chi connectivity index (χ1) is 13.6. The number of hydrogen-bond donors (Lipinski definition) is 0. The van der Waals surface area contributed by atoms with Crippen molar-refractivity contribution >= 4 is 15.9 Å². The van der Waals surface area contributed by atoms with Gasteiger partial charge < -0.3 is 0 Å². The van der Waals surface area contributed by atoms with Crippen LogP contribution in [-0.4, -0.2) is 0 Å². The molecule has 0 nitrogen and oxygen atoms in total. The van der Waals surface area contributed by atoms with Gasteiger partial charge in [-0.05, 0) is 57.1 Å². The summed E-state index contributed by atoms with van der Waals surface area (Å²) in [5.74, 6) is 0. The Bertz CT molecular complexity index is 1170. The summed E-state index contributed by atoms with van der Waals surface area (Å²) in [5.41, 5.74) is 10.5. The third-order valence-electron chi connectivity index (χ3n) is 5.94. The molecule has 0 saturated carbocycles. The van der Waals surface area contributed by atoms with E-state index in [0.717, 1.165) is 0 Å². The van der Waals surface area contributed by atoms with E-state index in [4.69, 9.17) is 0 Å². The predicted octanol–water partition coefficient (Wildman–Crippen LogP) is 8.09. The van der Waals surface area contributed by atoms with Gasteiger partial charge in [-0.3, -0.25) is 0 Å². The summed E-state index contributed by atoms with van der Waals surface area (Å²) >= 11 is 3.88. The molecule has 0 fully saturated rings. The number of fused-ring (bicyclic) bond motifs is 3. The van der Waals surface area contributed by atoms with E-state index < -0.39 is 0 Å². The minimum absolute atomic E-state index is 0.0389. The average Bonchev–Trinajstić information content (AvgIpc) is 2.96. The molecule has 136 valence electrons. The zero-order chi connectivity index (χ0) is 19.3. The molecule has 1 aliphatic rings. The predicted molar refractivity (Wildman–Crippen MR) is 123 cm³/mol. The molecule has 0 saturated heterocycles. The van der Waals surface area contributed by atoms with E-state index in [-0.39, 0.29) is 5.41 Å². The standard InChI is InChI=1S/C27H21Br/c1-27(2)23-15-20(18-9-5-3-6-10-18)13-14-22(23)26-24(27)16-21(17-25(26)28)19-11-7-4-8-12-19/h3-17H,1-2H3. The van der Waals surface area contributed by atoms with Crippen LogP contribution < -0.4 is 0 Å². The Labute approximate surface area is 175 Å². The first kappa shape index (κ1) is 17.5. The van der Waals surface area contributed by atoms with E-state index in [0.29, 0.717) is 0 Å². The van der Waals surface area contributed by atoms with Crippen LogP contribution in [0, 0.1) is 0 Å². The Morgan fingerprint density at radius 3 is 1.79 bits per heavy atom. The Hall–Kier alpha value is -2.64. The van der Waals surface area contributed by atoms with Gasteiger partial charge in [0.15, 0.2) is 0 Å². The van der Waals surface area contributed by atoms with Crippen molar-refractivity contribution in [1.82, 2.24) is 0 Å². The number of hydrogen-bond acceptors (Lipinski definition) is 0. The Kier molecular flexibility index (Phi) is 4.03. The van der Waals surface area contributed by atoms with Gasteiger partial charge >= 0.3 is 0 Å². The van der Waals surface area contributed by atoms with Gasteiger partial charge in [-0.2, -0.15) is 0 Å². The summed E-state index contributed by atoms with van der Waals surface area (Å²) < 4.78 is 1.17. The molecular weight excluding hydrogens is 404 g/mol. The Balaban J connectivity index is 1.70. The second-order valence-corrected chi connectivity index (χ2v) is 8.85. The molecule has 0 N–H and O–H groups in total. The lowest BCUT2D eigenvalue weighted by atomic mass is 9.81. The lowest BCUT2D eigenvalue weighted by Crippen LogP contribution is -2.15. The average molecular weight is 425 g/mol. The SMILES string of the molecule is CC1(C)c2cc(-c3ccccc3)ccc2-c2c(Br)cc(-c3ccccc3)cc21. The highest BCUT2D eigenvalue weighted by Gasteiger charge is 2.37. The molecular formula is C27H21Br. The van der Waals surface area contributed by atoms with E-state index in [1.54, 1.807) is 0 Å². The quantitative estimate of drug-likeness (QED) is 0.304. The minimum atomic E-state index is -0.0389. The lowest BCUT2D eigenvalue weighted by molar-refractivity contribution is 0.660. The topological polar surface area (TPSA) is 0 Å².